The molecule has 1 aliphatic heterocycles. The zero-order chi connectivity index (χ0) is 15.4. The van der Waals surface area contributed by atoms with Crippen LogP contribution in [0.1, 0.15) is 26.7 Å². The maximum absolute atomic E-state index is 4.75. The zero-order valence-corrected chi connectivity index (χ0v) is 13.3. The number of anilines is 3. The van der Waals surface area contributed by atoms with Gasteiger partial charge in [0.2, 0.25) is 0 Å². The molecule has 0 amide bonds. The molecule has 1 aliphatic rings. The lowest BCUT2D eigenvalue weighted by Gasteiger charge is -2.31. The van der Waals surface area contributed by atoms with Gasteiger partial charge in [-0.2, -0.15) is 10.1 Å². The van der Waals surface area contributed by atoms with Gasteiger partial charge in [0.1, 0.15) is 0 Å². The van der Waals surface area contributed by atoms with Crippen LogP contribution in [-0.2, 0) is 0 Å². The summed E-state index contributed by atoms with van der Waals surface area (Å²) in [6, 6.07) is 10.2. The highest BCUT2D eigenvalue weighted by Gasteiger charge is 2.19. The molecule has 116 valence electrons. The number of rotatable bonds is 4. The Balaban J connectivity index is 1.84. The number of para-hydroxylation sites is 1. The van der Waals surface area contributed by atoms with E-state index >= 15 is 0 Å². The van der Waals surface area contributed by atoms with Crippen molar-refractivity contribution in [2.75, 3.05) is 29.4 Å². The first-order valence-electron chi connectivity index (χ1n) is 8.05. The van der Waals surface area contributed by atoms with E-state index < -0.39 is 0 Å². The summed E-state index contributed by atoms with van der Waals surface area (Å²) in [6.07, 6.45) is 4.21. The molecular formula is C17H23N5. The van der Waals surface area contributed by atoms with E-state index in [1.165, 1.54) is 12.8 Å². The van der Waals surface area contributed by atoms with Crippen LogP contribution in [0.4, 0.5) is 17.5 Å². The van der Waals surface area contributed by atoms with E-state index in [9.17, 15) is 0 Å². The molecule has 1 saturated heterocycles. The van der Waals surface area contributed by atoms with Crippen LogP contribution >= 0.6 is 0 Å². The van der Waals surface area contributed by atoms with Crippen molar-refractivity contribution in [3.05, 3.63) is 36.5 Å². The number of aromatic nitrogens is 3. The lowest BCUT2D eigenvalue weighted by Crippen LogP contribution is -2.34. The summed E-state index contributed by atoms with van der Waals surface area (Å²) >= 11 is 0. The highest BCUT2D eigenvalue weighted by Crippen LogP contribution is 2.24. The van der Waals surface area contributed by atoms with Gasteiger partial charge in [0.25, 0.3) is 5.95 Å². The molecular weight excluding hydrogens is 274 g/mol. The lowest BCUT2D eigenvalue weighted by atomic mass is 9.99. The van der Waals surface area contributed by atoms with E-state index in [0.717, 1.165) is 37.1 Å². The van der Waals surface area contributed by atoms with E-state index in [0.29, 0.717) is 5.95 Å². The molecule has 0 unspecified atom stereocenters. The van der Waals surface area contributed by atoms with Crippen molar-refractivity contribution >= 4 is 17.5 Å². The molecule has 2 aromatic rings. The molecule has 0 spiro atoms. The molecule has 0 atom stereocenters. The van der Waals surface area contributed by atoms with Crippen molar-refractivity contribution in [1.29, 1.82) is 0 Å². The SMILES string of the molecule is CCN(c1ccccc1)c1nncc(N2CCC(C)CC2)n1. The van der Waals surface area contributed by atoms with Gasteiger partial charge in [0.05, 0.1) is 6.20 Å². The lowest BCUT2D eigenvalue weighted by molar-refractivity contribution is 0.436. The summed E-state index contributed by atoms with van der Waals surface area (Å²) in [4.78, 5) is 9.15. The van der Waals surface area contributed by atoms with Crippen LogP contribution < -0.4 is 9.80 Å². The van der Waals surface area contributed by atoms with Gasteiger partial charge >= 0.3 is 0 Å². The molecule has 1 fully saturated rings. The average Bonchev–Trinajstić information content (AvgIpc) is 2.57. The first-order chi connectivity index (χ1) is 10.8. The maximum atomic E-state index is 4.75. The van der Waals surface area contributed by atoms with Crippen molar-refractivity contribution in [3.63, 3.8) is 0 Å². The van der Waals surface area contributed by atoms with E-state index in [4.69, 9.17) is 4.98 Å². The predicted molar refractivity (Wildman–Crippen MR) is 89.6 cm³/mol. The Hall–Kier alpha value is -2.17. The van der Waals surface area contributed by atoms with Crippen LogP contribution in [0.5, 0.6) is 0 Å². The van der Waals surface area contributed by atoms with E-state index in [2.05, 4.69) is 46.0 Å². The van der Waals surface area contributed by atoms with Gasteiger partial charge in [0.15, 0.2) is 5.82 Å². The third-order valence-electron chi connectivity index (χ3n) is 4.27. The minimum absolute atomic E-state index is 0.671. The van der Waals surface area contributed by atoms with Crippen molar-refractivity contribution < 1.29 is 0 Å². The molecule has 22 heavy (non-hydrogen) atoms. The maximum Gasteiger partial charge on any atom is 0.251 e. The van der Waals surface area contributed by atoms with Crippen molar-refractivity contribution in [3.8, 4) is 0 Å². The van der Waals surface area contributed by atoms with Crippen molar-refractivity contribution in [2.24, 2.45) is 5.92 Å². The Bertz CT molecular complexity index is 593. The summed E-state index contributed by atoms with van der Waals surface area (Å²) in [5, 5.41) is 8.41. The summed E-state index contributed by atoms with van der Waals surface area (Å²) in [5.74, 6) is 2.41. The monoisotopic (exact) mass is 297 g/mol. The van der Waals surface area contributed by atoms with E-state index in [-0.39, 0.29) is 0 Å². The number of piperidine rings is 1. The van der Waals surface area contributed by atoms with Gasteiger partial charge in [0, 0.05) is 25.3 Å². The van der Waals surface area contributed by atoms with E-state index in [1.807, 2.05) is 18.2 Å². The molecule has 0 saturated carbocycles. The molecule has 2 heterocycles. The third kappa shape index (κ3) is 3.18. The average molecular weight is 297 g/mol. The van der Waals surface area contributed by atoms with Gasteiger partial charge in [-0.05, 0) is 37.8 Å². The highest BCUT2D eigenvalue weighted by molar-refractivity contribution is 5.57. The number of nitrogens with zero attached hydrogens (tertiary/aromatic N) is 5. The molecule has 5 heteroatoms. The van der Waals surface area contributed by atoms with Gasteiger partial charge in [-0.3, -0.25) is 0 Å². The minimum Gasteiger partial charge on any atom is -0.355 e. The van der Waals surface area contributed by atoms with Gasteiger partial charge in [-0.1, -0.05) is 25.1 Å². The van der Waals surface area contributed by atoms with Crippen LogP contribution in [0, 0.1) is 5.92 Å². The Morgan fingerprint density at radius 2 is 1.91 bits per heavy atom. The standard InChI is InChI=1S/C17H23N5/c1-3-22(15-7-5-4-6-8-15)17-19-16(13-18-20-17)21-11-9-14(2)10-12-21/h4-8,13-14H,3,9-12H2,1-2H3. The second kappa shape index (κ2) is 6.73. The van der Waals surface area contributed by atoms with Gasteiger partial charge in [-0.25, -0.2) is 0 Å². The molecule has 1 aromatic carbocycles. The van der Waals surface area contributed by atoms with E-state index in [1.54, 1.807) is 6.20 Å². The summed E-state index contributed by atoms with van der Waals surface area (Å²) in [7, 11) is 0. The molecule has 0 aliphatic carbocycles. The number of hydrogen-bond acceptors (Lipinski definition) is 5. The first-order valence-corrected chi connectivity index (χ1v) is 8.05. The second-order valence-corrected chi connectivity index (χ2v) is 5.86. The molecule has 0 radical (unpaired) electrons. The van der Waals surface area contributed by atoms with Crippen molar-refractivity contribution in [2.45, 2.75) is 26.7 Å². The van der Waals surface area contributed by atoms with Crippen LogP contribution in [0.2, 0.25) is 0 Å². The largest absolute Gasteiger partial charge is 0.355 e. The van der Waals surface area contributed by atoms with Crippen LogP contribution in [0.25, 0.3) is 0 Å². The Morgan fingerprint density at radius 3 is 2.59 bits per heavy atom. The normalized spacial score (nSPS) is 15.8. The summed E-state index contributed by atoms with van der Waals surface area (Å²) < 4.78 is 0. The highest BCUT2D eigenvalue weighted by atomic mass is 15.3. The fourth-order valence-corrected chi connectivity index (χ4v) is 2.84. The van der Waals surface area contributed by atoms with Gasteiger partial charge in [-0.15, -0.1) is 5.10 Å². The quantitative estimate of drug-likeness (QED) is 0.866. The van der Waals surface area contributed by atoms with Crippen LogP contribution in [-0.4, -0.2) is 34.8 Å². The number of benzene rings is 1. The smallest absolute Gasteiger partial charge is 0.251 e. The molecule has 0 bridgehead atoms. The number of hydrogen-bond donors (Lipinski definition) is 0. The Kier molecular flexibility index (Phi) is 4.51. The topological polar surface area (TPSA) is 45.2 Å². The predicted octanol–water partition coefficient (Wildman–Crippen LogP) is 3.27. The summed E-state index contributed by atoms with van der Waals surface area (Å²) in [6.45, 7) is 7.33. The van der Waals surface area contributed by atoms with Crippen LogP contribution in [0.3, 0.4) is 0 Å². The Labute approximate surface area is 132 Å². The second-order valence-electron chi connectivity index (χ2n) is 5.86. The minimum atomic E-state index is 0.671. The fraction of sp³-hybridized carbons (Fsp3) is 0.471. The first kappa shape index (κ1) is 14.8. The molecule has 3 rings (SSSR count). The Morgan fingerprint density at radius 1 is 1.18 bits per heavy atom. The van der Waals surface area contributed by atoms with Gasteiger partial charge < -0.3 is 9.80 Å². The molecule has 5 nitrogen and oxygen atoms in total. The molecule has 1 aromatic heterocycles. The van der Waals surface area contributed by atoms with Crippen LogP contribution in [0.15, 0.2) is 36.5 Å². The zero-order valence-electron chi connectivity index (χ0n) is 13.3. The fourth-order valence-electron chi connectivity index (χ4n) is 2.84. The summed E-state index contributed by atoms with van der Waals surface area (Å²) in [5.41, 5.74) is 1.09. The molecule has 0 N–H and O–H groups in total. The van der Waals surface area contributed by atoms with Crippen molar-refractivity contribution in [1.82, 2.24) is 15.2 Å². The third-order valence-corrected chi connectivity index (χ3v) is 4.27.